The van der Waals surface area contributed by atoms with Gasteiger partial charge in [-0.15, -0.1) is 0 Å². The number of aliphatic hydroxyl groups excluding tert-OH is 2. The number of rotatable bonds is 2. The average molecular weight is 376 g/mol. The molecule has 3 N–H and O–H groups in total. The molecule has 4 rings (SSSR count). The van der Waals surface area contributed by atoms with Crippen molar-refractivity contribution in [2.24, 2.45) is 34.5 Å². The molecule has 3 fully saturated rings. The highest BCUT2D eigenvalue weighted by atomic mass is 16.3. The summed E-state index contributed by atoms with van der Waals surface area (Å²) in [6, 6.07) is 0. The van der Waals surface area contributed by atoms with Gasteiger partial charge in [0.25, 0.3) is 0 Å². The second-order valence-electron chi connectivity index (χ2n) is 10.1. The minimum Gasteiger partial charge on any atom is -0.393 e. The van der Waals surface area contributed by atoms with Crippen LogP contribution in [0.15, 0.2) is 11.6 Å². The van der Waals surface area contributed by atoms with E-state index in [9.17, 15) is 24.9 Å². The molecule has 1 unspecified atom stereocenters. The first-order chi connectivity index (χ1) is 12.6. The van der Waals surface area contributed by atoms with Gasteiger partial charge in [0.05, 0.1) is 6.10 Å². The van der Waals surface area contributed by atoms with Crippen molar-refractivity contribution in [3.8, 4) is 0 Å². The zero-order valence-electron chi connectivity index (χ0n) is 16.6. The monoisotopic (exact) mass is 376 g/mol. The molecule has 27 heavy (non-hydrogen) atoms. The molecule has 8 atom stereocenters. The van der Waals surface area contributed by atoms with Gasteiger partial charge in [-0.05, 0) is 67.3 Å². The highest BCUT2D eigenvalue weighted by molar-refractivity contribution is 5.92. The summed E-state index contributed by atoms with van der Waals surface area (Å²) in [4.78, 5) is 24.5. The first kappa shape index (κ1) is 19.3. The van der Waals surface area contributed by atoms with Gasteiger partial charge in [-0.2, -0.15) is 0 Å². The van der Waals surface area contributed by atoms with Gasteiger partial charge in [0.1, 0.15) is 12.2 Å². The zero-order chi connectivity index (χ0) is 19.8. The maximum absolute atomic E-state index is 12.4. The molecular formula is C22H32O5. The smallest absolute Gasteiger partial charge is 0.190 e. The maximum atomic E-state index is 12.4. The van der Waals surface area contributed by atoms with Gasteiger partial charge in [0, 0.05) is 11.8 Å². The van der Waals surface area contributed by atoms with Crippen LogP contribution in [0.1, 0.15) is 59.3 Å². The number of carbonyl (C=O) groups is 2. The molecular weight excluding hydrogens is 344 g/mol. The third-order valence-corrected chi connectivity index (χ3v) is 8.97. The molecule has 4 aliphatic rings. The fourth-order valence-electron chi connectivity index (χ4n) is 7.71. The number of ketones is 2. The predicted octanol–water partition coefficient (Wildman–Crippen LogP) is 2.03. The molecule has 5 nitrogen and oxygen atoms in total. The average Bonchev–Trinajstić information content (AvgIpc) is 2.87. The fraction of sp³-hybridized carbons (Fsp3) is 0.818. The van der Waals surface area contributed by atoms with Gasteiger partial charge >= 0.3 is 0 Å². The van der Waals surface area contributed by atoms with Gasteiger partial charge in [0.15, 0.2) is 11.6 Å². The van der Waals surface area contributed by atoms with Crippen LogP contribution in [0.25, 0.3) is 0 Å². The normalized spacial score (nSPS) is 51.9. The van der Waals surface area contributed by atoms with Gasteiger partial charge in [0.2, 0.25) is 0 Å². The molecule has 0 saturated heterocycles. The lowest BCUT2D eigenvalue weighted by Gasteiger charge is -2.61. The van der Waals surface area contributed by atoms with Crippen LogP contribution in [0.2, 0.25) is 0 Å². The van der Waals surface area contributed by atoms with E-state index in [0.717, 1.165) is 19.3 Å². The number of aliphatic hydroxyl groups is 3. The molecule has 4 aliphatic carbocycles. The Bertz CT molecular complexity index is 713. The Morgan fingerprint density at radius 3 is 2.67 bits per heavy atom. The second kappa shape index (κ2) is 5.98. The predicted molar refractivity (Wildman–Crippen MR) is 99.7 cm³/mol. The molecule has 150 valence electrons. The minimum absolute atomic E-state index is 0.0534. The van der Waals surface area contributed by atoms with E-state index in [0.29, 0.717) is 19.3 Å². The van der Waals surface area contributed by atoms with Crippen LogP contribution in [-0.4, -0.2) is 45.2 Å². The molecule has 5 heteroatoms. The highest BCUT2D eigenvalue weighted by Gasteiger charge is 2.68. The fourth-order valence-corrected chi connectivity index (χ4v) is 7.71. The van der Waals surface area contributed by atoms with Crippen LogP contribution in [0.4, 0.5) is 0 Å². The van der Waals surface area contributed by atoms with Crippen LogP contribution in [0.3, 0.4) is 0 Å². The largest absolute Gasteiger partial charge is 0.393 e. The van der Waals surface area contributed by atoms with Gasteiger partial charge in [-0.3, -0.25) is 9.59 Å². The van der Waals surface area contributed by atoms with Crippen LogP contribution < -0.4 is 0 Å². The number of hydrogen-bond donors (Lipinski definition) is 3. The first-order valence-corrected chi connectivity index (χ1v) is 10.4. The molecule has 0 aromatic heterocycles. The van der Waals surface area contributed by atoms with Crippen molar-refractivity contribution in [2.75, 3.05) is 6.61 Å². The molecule has 0 spiro atoms. The van der Waals surface area contributed by atoms with E-state index in [2.05, 4.69) is 13.8 Å². The standard InChI is InChI=1S/C22H32O5/c1-12-8-14-15-5-7-22(27,18(26)11-23)21(15,3)10-17(25)19(14)20(2)6-4-13(24)9-16(12)20/h9,12,14-15,17,19,23,25,27H,4-8,10-11H2,1-3H3/t12?,14-,15-,17-,19+,20-,21-,22-/m0/s1. The Labute approximate surface area is 160 Å². The van der Waals surface area contributed by atoms with E-state index in [1.54, 1.807) is 0 Å². The molecule has 3 saturated carbocycles. The lowest BCUT2D eigenvalue weighted by molar-refractivity contribution is -0.184. The van der Waals surface area contributed by atoms with Crippen LogP contribution in [0.5, 0.6) is 0 Å². The van der Waals surface area contributed by atoms with Crippen molar-refractivity contribution in [3.05, 3.63) is 11.6 Å². The number of Topliss-reactive ketones (excluding diaryl/α,β-unsaturated/α-hetero) is 1. The van der Waals surface area contributed by atoms with E-state index < -0.39 is 29.5 Å². The molecule has 0 aromatic rings. The van der Waals surface area contributed by atoms with E-state index in [4.69, 9.17) is 0 Å². The van der Waals surface area contributed by atoms with Gasteiger partial charge in [-0.25, -0.2) is 0 Å². The van der Waals surface area contributed by atoms with E-state index in [-0.39, 0.29) is 34.9 Å². The van der Waals surface area contributed by atoms with E-state index in [1.807, 2.05) is 13.0 Å². The first-order valence-electron chi connectivity index (χ1n) is 10.4. The number of fused-ring (bicyclic) bond motifs is 5. The molecule has 0 heterocycles. The van der Waals surface area contributed by atoms with Crippen LogP contribution in [0, 0.1) is 34.5 Å². The Morgan fingerprint density at radius 1 is 1.30 bits per heavy atom. The Hall–Kier alpha value is -1.04. The third kappa shape index (κ3) is 2.34. The second-order valence-corrected chi connectivity index (χ2v) is 10.1. The Morgan fingerprint density at radius 2 is 2.00 bits per heavy atom. The molecule has 0 bridgehead atoms. The zero-order valence-corrected chi connectivity index (χ0v) is 16.6. The Balaban J connectivity index is 1.77. The quantitative estimate of drug-likeness (QED) is 0.685. The van der Waals surface area contributed by atoms with Crippen molar-refractivity contribution in [1.29, 1.82) is 0 Å². The summed E-state index contributed by atoms with van der Waals surface area (Å²) in [5, 5.41) is 31.9. The highest BCUT2D eigenvalue weighted by Crippen LogP contribution is 2.68. The van der Waals surface area contributed by atoms with E-state index >= 15 is 0 Å². The SMILES string of the molecule is CC1C[C@@H]2[C@H]([C@@H](O)C[C@@]3(C)[C@H]2CC[C@]3(O)C(=O)CO)[C@@]2(C)CCC(=O)C=C12. The summed E-state index contributed by atoms with van der Waals surface area (Å²) < 4.78 is 0. The number of carbonyl (C=O) groups excluding carboxylic acids is 2. The summed E-state index contributed by atoms with van der Waals surface area (Å²) in [6.07, 6.45) is 4.84. The summed E-state index contributed by atoms with van der Waals surface area (Å²) >= 11 is 0. The molecule has 0 amide bonds. The van der Waals surface area contributed by atoms with Gasteiger partial charge < -0.3 is 15.3 Å². The molecule has 0 radical (unpaired) electrons. The summed E-state index contributed by atoms with van der Waals surface area (Å²) in [5.74, 6) is 0.341. The van der Waals surface area contributed by atoms with Crippen LogP contribution in [-0.2, 0) is 9.59 Å². The minimum atomic E-state index is -1.55. The van der Waals surface area contributed by atoms with E-state index in [1.165, 1.54) is 5.57 Å². The van der Waals surface area contributed by atoms with Crippen molar-refractivity contribution in [2.45, 2.75) is 71.0 Å². The van der Waals surface area contributed by atoms with Crippen LogP contribution >= 0.6 is 0 Å². The topological polar surface area (TPSA) is 94.8 Å². The number of allylic oxidation sites excluding steroid dienone is 1. The van der Waals surface area contributed by atoms with Crippen molar-refractivity contribution < 1.29 is 24.9 Å². The lowest BCUT2D eigenvalue weighted by atomic mass is 9.44. The van der Waals surface area contributed by atoms with Crippen molar-refractivity contribution >= 4 is 11.6 Å². The molecule has 0 aliphatic heterocycles. The molecule has 0 aromatic carbocycles. The Kier molecular flexibility index (Phi) is 4.27. The third-order valence-electron chi connectivity index (χ3n) is 8.97. The van der Waals surface area contributed by atoms with Gasteiger partial charge in [-0.1, -0.05) is 26.3 Å². The van der Waals surface area contributed by atoms with Crippen molar-refractivity contribution in [1.82, 2.24) is 0 Å². The van der Waals surface area contributed by atoms with Crippen molar-refractivity contribution in [3.63, 3.8) is 0 Å². The summed E-state index contributed by atoms with van der Waals surface area (Å²) in [6.45, 7) is 5.63. The summed E-state index contributed by atoms with van der Waals surface area (Å²) in [7, 11) is 0. The maximum Gasteiger partial charge on any atom is 0.190 e. The summed E-state index contributed by atoms with van der Waals surface area (Å²) in [5.41, 5.74) is -1.28. The number of hydrogen-bond acceptors (Lipinski definition) is 5. The lowest BCUT2D eigenvalue weighted by Crippen LogP contribution is -2.62.